The predicted octanol–water partition coefficient (Wildman–Crippen LogP) is 3.29. The molecule has 0 radical (unpaired) electrons. The smallest absolute Gasteiger partial charge is 0.137 e. The molecule has 1 unspecified atom stereocenters. The fourth-order valence-corrected chi connectivity index (χ4v) is 1.37. The third-order valence-corrected chi connectivity index (χ3v) is 2.17. The summed E-state index contributed by atoms with van der Waals surface area (Å²) in [6.07, 6.45) is 3.29. The van der Waals surface area contributed by atoms with Crippen LogP contribution in [-0.4, -0.2) is 11.5 Å². The van der Waals surface area contributed by atoms with Crippen LogP contribution in [0.25, 0.3) is 0 Å². The molecule has 0 saturated carbocycles. The van der Waals surface area contributed by atoms with E-state index >= 15 is 0 Å². The first-order chi connectivity index (χ1) is 5.25. The number of hydrogen-bond acceptors (Lipinski definition) is 0. The molecule has 11 heavy (non-hydrogen) atoms. The van der Waals surface area contributed by atoms with Crippen LogP contribution in [-0.2, 0) is 0 Å². The summed E-state index contributed by atoms with van der Waals surface area (Å²) in [6.45, 7) is 0. The summed E-state index contributed by atoms with van der Waals surface area (Å²) >= 11 is 2.97. The van der Waals surface area contributed by atoms with Crippen molar-refractivity contribution in [3.8, 4) is 0 Å². The average molecular weight is 223 g/mol. The summed E-state index contributed by atoms with van der Waals surface area (Å²) in [7, 11) is 0. The van der Waals surface area contributed by atoms with E-state index in [0.717, 1.165) is 6.42 Å². The number of halogens is 3. The molecule has 1 atom stereocenters. The monoisotopic (exact) mass is 222 g/mol. The molecule has 0 aliphatic heterocycles. The Hall–Kier alpha value is -0.180. The SMILES string of the molecule is FC1=CCCC=C1C(F)CBr. The standard InChI is InChI=1S/C8H9BrF2/c9-5-8(11)6-3-1-2-4-7(6)10/h3-4,8H,1-2,5H2. The Kier molecular flexibility index (Phi) is 3.24. The van der Waals surface area contributed by atoms with Gasteiger partial charge in [0, 0.05) is 10.9 Å². The zero-order chi connectivity index (χ0) is 8.27. The van der Waals surface area contributed by atoms with E-state index in [0.29, 0.717) is 6.42 Å². The van der Waals surface area contributed by atoms with Gasteiger partial charge in [-0.25, -0.2) is 8.78 Å². The van der Waals surface area contributed by atoms with Crippen molar-refractivity contribution in [1.82, 2.24) is 0 Å². The van der Waals surface area contributed by atoms with E-state index in [4.69, 9.17) is 0 Å². The van der Waals surface area contributed by atoms with Crippen LogP contribution >= 0.6 is 15.9 Å². The average Bonchev–Trinajstić information content (AvgIpc) is 2.04. The second-order valence-corrected chi connectivity index (χ2v) is 3.06. The first kappa shape index (κ1) is 8.91. The molecule has 3 heteroatoms. The maximum absolute atomic E-state index is 12.9. The van der Waals surface area contributed by atoms with E-state index in [1.165, 1.54) is 6.08 Å². The van der Waals surface area contributed by atoms with Gasteiger partial charge < -0.3 is 0 Å². The van der Waals surface area contributed by atoms with Crippen LogP contribution in [0.2, 0.25) is 0 Å². The third-order valence-electron chi connectivity index (χ3n) is 1.60. The van der Waals surface area contributed by atoms with Crippen molar-refractivity contribution < 1.29 is 8.78 Å². The van der Waals surface area contributed by atoms with Gasteiger partial charge in [0.2, 0.25) is 0 Å². The van der Waals surface area contributed by atoms with Gasteiger partial charge in [-0.05, 0) is 18.9 Å². The highest BCUT2D eigenvalue weighted by molar-refractivity contribution is 9.09. The van der Waals surface area contributed by atoms with E-state index in [1.807, 2.05) is 0 Å². The van der Waals surface area contributed by atoms with Crippen molar-refractivity contribution >= 4 is 15.9 Å². The Morgan fingerprint density at radius 1 is 1.45 bits per heavy atom. The molecular formula is C8H9BrF2. The van der Waals surface area contributed by atoms with Crippen molar-refractivity contribution in [2.24, 2.45) is 0 Å². The Balaban J connectivity index is 2.70. The fraction of sp³-hybridized carbons (Fsp3) is 0.500. The second kappa shape index (κ2) is 4.00. The highest BCUT2D eigenvalue weighted by atomic mass is 79.9. The van der Waals surface area contributed by atoms with Gasteiger partial charge in [-0.2, -0.15) is 0 Å². The lowest BCUT2D eigenvalue weighted by molar-refractivity contribution is 0.406. The van der Waals surface area contributed by atoms with Crippen LogP contribution in [0, 0.1) is 0 Å². The molecule has 0 bridgehead atoms. The predicted molar refractivity (Wildman–Crippen MR) is 45.2 cm³/mol. The molecule has 0 amide bonds. The largest absolute Gasteiger partial charge is 0.241 e. The van der Waals surface area contributed by atoms with Gasteiger partial charge in [-0.1, -0.05) is 22.0 Å². The van der Waals surface area contributed by atoms with Gasteiger partial charge in [0.1, 0.15) is 12.0 Å². The van der Waals surface area contributed by atoms with E-state index in [1.54, 1.807) is 6.08 Å². The summed E-state index contributed by atoms with van der Waals surface area (Å²) in [6, 6.07) is 0. The Bertz CT molecular complexity index is 196. The van der Waals surface area contributed by atoms with E-state index < -0.39 is 12.0 Å². The molecule has 1 rings (SSSR count). The third kappa shape index (κ3) is 2.12. The van der Waals surface area contributed by atoms with Crippen LogP contribution in [0.3, 0.4) is 0 Å². The lowest BCUT2D eigenvalue weighted by atomic mass is 10.0. The minimum atomic E-state index is -1.20. The minimum Gasteiger partial charge on any atom is -0.241 e. The zero-order valence-electron chi connectivity index (χ0n) is 5.99. The summed E-state index contributed by atoms with van der Waals surface area (Å²) in [5, 5.41) is 0.167. The Labute approximate surface area is 73.1 Å². The van der Waals surface area contributed by atoms with Crippen molar-refractivity contribution in [3.63, 3.8) is 0 Å². The Morgan fingerprint density at radius 3 is 2.64 bits per heavy atom. The highest BCUT2D eigenvalue weighted by Crippen LogP contribution is 2.25. The number of allylic oxidation sites excluding steroid dienone is 4. The molecule has 0 saturated heterocycles. The van der Waals surface area contributed by atoms with Crippen LogP contribution in [0.15, 0.2) is 23.6 Å². The number of rotatable bonds is 2. The van der Waals surface area contributed by atoms with Crippen LogP contribution in [0.1, 0.15) is 12.8 Å². The molecule has 0 nitrogen and oxygen atoms in total. The van der Waals surface area contributed by atoms with Gasteiger partial charge >= 0.3 is 0 Å². The summed E-state index contributed by atoms with van der Waals surface area (Å²) < 4.78 is 25.7. The van der Waals surface area contributed by atoms with Crippen LogP contribution in [0.4, 0.5) is 8.78 Å². The van der Waals surface area contributed by atoms with Gasteiger partial charge in [0.15, 0.2) is 0 Å². The fourth-order valence-electron chi connectivity index (χ4n) is 1.02. The van der Waals surface area contributed by atoms with Gasteiger partial charge in [0.05, 0.1) is 0 Å². The van der Waals surface area contributed by atoms with Gasteiger partial charge in [-0.3, -0.25) is 0 Å². The zero-order valence-corrected chi connectivity index (χ0v) is 7.57. The molecule has 0 N–H and O–H groups in total. The second-order valence-electron chi connectivity index (χ2n) is 2.41. The maximum atomic E-state index is 12.9. The first-order valence-electron chi connectivity index (χ1n) is 3.52. The molecular weight excluding hydrogens is 214 g/mol. The van der Waals surface area contributed by atoms with Crippen molar-refractivity contribution in [2.75, 3.05) is 5.33 Å². The minimum absolute atomic E-state index is 0.167. The van der Waals surface area contributed by atoms with Crippen molar-refractivity contribution in [2.45, 2.75) is 19.0 Å². The molecule has 0 spiro atoms. The van der Waals surface area contributed by atoms with E-state index in [9.17, 15) is 8.78 Å². The molecule has 1 aliphatic carbocycles. The summed E-state index contributed by atoms with van der Waals surface area (Å²) in [5.41, 5.74) is 0.202. The van der Waals surface area contributed by atoms with E-state index in [-0.39, 0.29) is 10.9 Å². The molecule has 1 aliphatic rings. The molecule has 62 valence electrons. The normalized spacial score (nSPS) is 20.6. The number of alkyl halides is 2. The molecule has 0 heterocycles. The first-order valence-corrected chi connectivity index (χ1v) is 4.64. The Morgan fingerprint density at radius 2 is 2.09 bits per heavy atom. The van der Waals surface area contributed by atoms with Crippen molar-refractivity contribution in [3.05, 3.63) is 23.6 Å². The molecule has 0 aromatic heterocycles. The van der Waals surface area contributed by atoms with E-state index in [2.05, 4.69) is 15.9 Å². The lowest BCUT2D eigenvalue weighted by Crippen LogP contribution is -2.08. The maximum Gasteiger partial charge on any atom is 0.137 e. The highest BCUT2D eigenvalue weighted by Gasteiger charge is 2.17. The van der Waals surface area contributed by atoms with Crippen LogP contribution < -0.4 is 0 Å². The molecule has 0 aromatic carbocycles. The quantitative estimate of drug-likeness (QED) is 0.630. The van der Waals surface area contributed by atoms with Crippen molar-refractivity contribution in [1.29, 1.82) is 0 Å². The summed E-state index contributed by atoms with van der Waals surface area (Å²) in [5.74, 6) is -0.400. The van der Waals surface area contributed by atoms with Gasteiger partial charge in [-0.15, -0.1) is 0 Å². The lowest BCUT2D eigenvalue weighted by Gasteiger charge is -2.11. The van der Waals surface area contributed by atoms with Gasteiger partial charge in [0.25, 0.3) is 0 Å². The molecule has 0 aromatic rings. The van der Waals surface area contributed by atoms with Crippen LogP contribution in [0.5, 0.6) is 0 Å². The molecule has 0 fully saturated rings. The topological polar surface area (TPSA) is 0 Å². The number of hydrogen-bond donors (Lipinski definition) is 0. The summed E-state index contributed by atoms with van der Waals surface area (Å²) in [4.78, 5) is 0.